The number of aliphatic hydroxyl groups excluding tert-OH is 2. The Hall–Kier alpha value is -1.83. The van der Waals surface area contributed by atoms with Crippen molar-refractivity contribution >= 4 is 0 Å². The van der Waals surface area contributed by atoms with E-state index in [0.29, 0.717) is 11.8 Å². The second-order valence-electron chi connectivity index (χ2n) is 8.40. The Morgan fingerprint density at radius 1 is 1.26 bits per heavy atom. The predicted molar refractivity (Wildman–Crippen MR) is 103 cm³/mol. The average molecular weight is 367 g/mol. The number of nitrogens with zero attached hydrogens (tertiary/aromatic N) is 1. The molecule has 3 aliphatic carbocycles. The minimum absolute atomic E-state index is 0.0489. The number of nitriles is 1. The smallest absolute Gasteiger partial charge is 0.174 e. The molecule has 27 heavy (non-hydrogen) atoms. The Bertz CT molecular complexity index is 732. The van der Waals surface area contributed by atoms with E-state index in [9.17, 15) is 10.2 Å². The van der Waals surface area contributed by atoms with E-state index < -0.39 is 6.10 Å². The summed E-state index contributed by atoms with van der Waals surface area (Å²) < 4.78 is 5.65. The number of rotatable bonds is 5. The number of fused-ring (bicyclic) bond motifs is 3. The second-order valence-corrected chi connectivity index (χ2v) is 8.40. The number of hydrogen-bond acceptors (Lipinski definition) is 4. The van der Waals surface area contributed by atoms with Crippen molar-refractivity contribution in [2.75, 3.05) is 6.61 Å². The lowest BCUT2D eigenvalue weighted by Crippen LogP contribution is -2.22. The summed E-state index contributed by atoms with van der Waals surface area (Å²) in [4.78, 5) is 0. The first-order chi connectivity index (χ1) is 13.2. The lowest BCUT2D eigenvalue weighted by Gasteiger charge is -2.25. The van der Waals surface area contributed by atoms with Crippen LogP contribution in [0.4, 0.5) is 0 Å². The van der Waals surface area contributed by atoms with Gasteiger partial charge in [-0.3, -0.25) is 0 Å². The highest BCUT2D eigenvalue weighted by Crippen LogP contribution is 2.54. The molecule has 0 aromatic heterocycles. The summed E-state index contributed by atoms with van der Waals surface area (Å²) in [5.41, 5.74) is 2.46. The quantitative estimate of drug-likeness (QED) is 0.778. The van der Waals surface area contributed by atoms with Crippen LogP contribution >= 0.6 is 0 Å². The molecule has 4 nitrogen and oxygen atoms in total. The first-order valence-electron chi connectivity index (χ1n) is 10.3. The van der Waals surface area contributed by atoms with E-state index in [0.717, 1.165) is 31.4 Å². The maximum atomic E-state index is 10.7. The number of ether oxygens (including phenoxy) is 1. The minimum atomic E-state index is -0.394. The van der Waals surface area contributed by atoms with Gasteiger partial charge in [0, 0.05) is 11.5 Å². The first-order valence-corrected chi connectivity index (χ1v) is 10.3. The van der Waals surface area contributed by atoms with Crippen LogP contribution in [0.25, 0.3) is 0 Å². The predicted octanol–water partition coefficient (Wildman–Crippen LogP) is 3.72. The third-order valence-electron chi connectivity index (χ3n) is 6.89. The van der Waals surface area contributed by atoms with Crippen LogP contribution in [-0.2, 0) is 6.42 Å². The van der Waals surface area contributed by atoms with Gasteiger partial charge in [-0.1, -0.05) is 43.5 Å². The maximum absolute atomic E-state index is 10.7. The van der Waals surface area contributed by atoms with Crippen LogP contribution in [0.3, 0.4) is 0 Å². The summed E-state index contributed by atoms with van der Waals surface area (Å²) in [5, 5.41) is 30.1. The molecule has 0 spiro atoms. The zero-order valence-corrected chi connectivity index (χ0v) is 15.8. The molecule has 2 N–H and O–H groups in total. The highest BCUT2D eigenvalue weighted by atomic mass is 16.5. The lowest BCUT2D eigenvalue weighted by molar-refractivity contribution is 0.120. The SMILES string of the molecule is N#CCOc1cccc2c1[C@H]1C[C@@H](O)[C@H](/C=C\C(O)C3CCCCC3)[C@H]1C2. The Kier molecular flexibility index (Phi) is 5.52. The van der Waals surface area contributed by atoms with Gasteiger partial charge in [-0.15, -0.1) is 0 Å². The summed E-state index contributed by atoms with van der Waals surface area (Å²) >= 11 is 0. The fourth-order valence-electron chi connectivity index (χ4n) is 5.58. The van der Waals surface area contributed by atoms with E-state index in [-0.39, 0.29) is 24.5 Å². The molecule has 5 atom stereocenters. The molecule has 0 aliphatic heterocycles. The molecule has 0 heterocycles. The van der Waals surface area contributed by atoms with Crippen molar-refractivity contribution in [3.8, 4) is 11.8 Å². The average Bonchev–Trinajstić information content (AvgIpc) is 3.20. The van der Waals surface area contributed by atoms with Crippen molar-refractivity contribution in [3.63, 3.8) is 0 Å². The van der Waals surface area contributed by atoms with Gasteiger partial charge in [0.2, 0.25) is 0 Å². The molecule has 2 fully saturated rings. The zero-order valence-electron chi connectivity index (χ0n) is 15.8. The Balaban J connectivity index is 1.49. The van der Waals surface area contributed by atoms with E-state index in [2.05, 4.69) is 12.1 Å². The summed E-state index contributed by atoms with van der Waals surface area (Å²) in [7, 11) is 0. The number of aliphatic hydroxyl groups is 2. The van der Waals surface area contributed by atoms with E-state index >= 15 is 0 Å². The Morgan fingerprint density at radius 3 is 2.85 bits per heavy atom. The van der Waals surface area contributed by atoms with Crippen LogP contribution in [0.5, 0.6) is 5.75 Å². The number of benzene rings is 1. The standard InChI is InChI=1S/C23H29NO3/c24-11-12-27-22-8-4-7-16-13-18-17(21(26)14-19(18)23(16)22)9-10-20(25)15-5-2-1-3-6-15/h4,7-10,15,17-21,25-26H,1-3,5-6,12-14H2/b10-9-/t17-,18-,19+,20?,21-/m1/s1. The van der Waals surface area contributed by atoms with E-state index in [1.54, 1.807) is 0 Å². The molecule has 1 unspecified atom stereocenters. The highest BCUT2D eigenvalue weighted by Gasteiger charge is 2.47. The van der Waals surface area contributed by atoms with Crippen molar-refractivity contribution in [3.05, 3.63) is 41.5 Å². The molecule has 0 saturated heterocycles. The molecular formula is C23H29NO3. The fourth-order valence-corrected chi connectivity index (χ4v) is 5.58. The fraction of sp³-hybridized carbons (Fsp3) is 0.609. The maximum Gasteiger partial charge on any atom is 0.174 e. The summed E-state index contributed by atoms with van der Waals surface area (Å²) in [6, 6.07) is 8.09. The Morgan fingerprint density at radius 2 is 2.07 bits per heavy atom. The molecule has 1 aromatic carbocycles. The van der Waals surface area contributed by atoms with Gasteiger partial charge in [-0.05, 0) is 55.1 Å². The van der Waals surface area contributed by atoms with Crippen molar-refractivity contribution in [2.24, 2.45) is 17.8 Å². The normalized spacial score (nSPS) is 31.4. The van der Waals surface area contributed by atoms with Gasteiger partial charge < -0.3 is 14.9 Å². The highest BCUT2D eigenvalue weighted by molar-refractivity contribution is 5.48. The topological polar surface area (TPSA) is 73.5 Å². The van der Waals surface area contributed by atoms with E-state index in [1.807, 2.05) is 24.3 Å². The molecular weight excluding hydrogens is 338 g/mol. The molecule has 144 valence electrons. The summed E-state index contributed by atoms with van der Waals surface area (Å²) in [6.45, 7) is 0.0489. The first kappa shape index (κ1) is 18.5. The molecule has 4 rings (SSSR count). The monoisotopic (exact) mass is 367 g/mol. The molecule has 1 aromatic rings. The molecule has 3 aliphatic rings. The Labute approximate surface area is 161 Å². The van der Waals surface area contributed by atoms with Crippen LogP contribution in [0, 0.1) is 29.1 Å². The van der Waals surface area contributed by atoms with Gasteiger partial charge in [-0.2, -0.15) is 5.26 Å². The molecule has 4 heteroatoms. The van der Waals surface area contributed by atoms with Crippen molar-refractivity contribution < 1.29 is 14.9 Å². The lowest BCUT2D eigenvalue weighted by atomic mass is 9.84. The largest absolute Gasteiger partial charge is 0.478 e. The van der Waals surface area contributed by atoms with Gasteiger partial charge in [0.15, 0.2) is 6.61 Å². The van der Waals surface area contributed by atoms with Crippen LogP contribution in [0.1, 0.15) is 55.6 Å². The minimum Gasteiger partial charge on any atom is -0.478 e. The van der Waals surface area contributed by atoms with E-state index in [1.165, 1.54) is 30.4 Å². The van der Waals surface area contributed by atoms with Crippen molar-refractivity contribution in [1.82, 2.24) is 0 Å². The van der Waals surface area contributed by atoms with Gasteiger partial charge in [0.05, 0.1) is 12.2 Å². The van der Waals surface area contributed by atoms with Gasteiger partial charge >= 0.3 is 0 Å². The summed E-state index contributed by atoms with van der Waals surface area (Å²) in [5.74, 6) is 1.85. The van der Waals surface area contributed by atoms with Crippen molar-refractivity contribution in [2.45, 2.75) is 63.1 Å². The van der Waals surface area contributed by atoms with Crippen LogP contribution < -0.4 is 4.74 Å². The van der Waals surface area contributed by atoms with Crippen LogP contribution in [-0.4, -0.2) is 29.0 Å². The third-order valence-corrected chi connectivity index (χ3v) is 6.89. The molecule has 0 radical (unpaired) electrons. The van der Waals surface area contributed by atoms with Crippen molar-refractivity contribution in [1.29, 1.82) is 5.26 Å². The summed E-state index contributed by atoms with van der Waals surface area (Å²) in [6.07, 6.45) is 10.8. The third kappa shape index (κ3) is 3.63. The molecule has 2 saturated carbocycles. The van der Waals surface area contributed by atoms with Gasteiger partial charge in [0.1, 0.15) is 11.8 Å². The number of hydrogen-bond donors (Lipinski definition) is 2. The molecule has 0 amide bonds. The van der Waals surface area contributed by atoms with Crippen LogP contribution in [0.15, 0.2) is 30.4 Å². The molecule has 0 bridgehead atoms. The van der Waals surface area contributed by atoms with Crippen LogP contribution in [0.2, 0.25) is 0 Å². The van der Waals surface area contributed by atoms with Gasteiger partial charge in [-0.25, -0.2) is 0 Å². The van der Waals surface area contributed by atoms with Gasteiger partial charge in [0.25, 0.3) is 0 Å². The zero-order chi connectivity index (χ0) is 18.8. The van der Waals surface area contributed by atoms with E-state index in [4.69, 9.17) is 10.00 Å². The second kappa shape index (κ2) is 8.04.